The molecule has 0 aliphatic carbocycles. The molecular formula is C15H20N4O. The van der Waals surface area contributed by atoms with Crippen molar-refractivity contribution in [2.24, 2.45) is 0 Å². The lowest BCUT2D eigenvalue weighted by Gasteiger charge is -2.38. The number of amides is 2. The van der Waals surface area contributed by atoms with Crippen molar-refractivity contribution in [1.82, 2.24) is 10.2 Å². The first kappa shape index (κ1) is 11.9. The van der Waals surface area contributed by atoms with Gasteiger partial charge in [-0.1, -0.05) is 6.07 Å². The summed E-state index contributed by atoms with van der Waals surface area (Å²) in [6.45, 7) is 4.52. The van der Waals surface area contributed by atoms with E-state index in [0.717, 1.165) is 32.7 Å². The van der Waals surface area contributed by atoms with Gasteiger partial charge >= 0.3 is 6.03 Å². The van der Waals surface area contributed by atoms with E-state index < -0.39 is 0 Å². The molecule has 0 radical (unpaired) electrons. The van der Waals surface area contributed by atoms with Crippen molar-refractivity contribution in [3.8, 4) is 0 Å². The van der Waals surface area contributed by atoms with Crippen LogP contribution in [-0.2, 0) is 6.42 Å². The van der Waals surface area contributed by atoms with Crippen LogP contribution in [0.25, 0.3) is 0 Å². The van der Waals surface area contributed by atoms with Gasteiger partial charge in [-0.25, -0.2) is 4.79 Å². The van der Waals surface area contributed by atoms with Gasteiger partial charge in [0.25, 0.3) is 0 Å². The number of carbonyl (C=O) groups excluding carboxylic acids is 1. The van der Waals surface area contributed by atoms with Gasteiger partial charge < -0.3 is 20.4 Å². The maximum Gasteiger partial charge on any atom is 0.317 e. The number of hydrogen-bond donors (Lipinski definition) is 2. The predicted octanol–water partition coefficient (Wildman–Crippen LogP) is 1.26. The van der Waals surface area contributed by atoms with Crippen molar-refractivity contribution in [2.45, 2.75) is 18.9 Å². The number of urea groups is 1. The molecule has 1 unspecified atom stereocenters. The Morgan fingerprint density at radius 2 is 2.15 bits per heavy atom. The highest BCUT2D eigenvalue weighted by atomic mass is 16.2. The second-order valence-corrected chi connectivity index (χ2v) is 5.85. The Bertz CT molecular complexity index is 545. The van der Waals surface area contributed by atoms with E-state index in [2.05, 4.69) is 33.7 Å². The minimum atomic E-state index is 0.0988. The molecule has 20 heavy (non-hydrogen) atoms. The van der Waals surface area contributed by atoms with Gasteiger partial charge in [-0.3, -0.25) is 0 Å². The molecule has 2 N–H and O–H groups in total. The van der Waals surface area contributed by atoms with E-state index in [1.807, 2.05) is 4.90 Å². The quantitative estimate of drug-likeness (QED) is 0.809. The molecule has 3 heterocycles. The number of aryl methyl sites for hydroxylation is 1. The maximum absolute atomic E-state index is 11.6. The Hall–Kier alpha value is -1.91. The number of anilines is 2. The lowest BCUT2D eigenvalue weighted by atomic mass is 10.0. The lowest BCUT2D eigenvalue weighted by molar-refractivity contribution is 0.197. The second-order valence-electron chi connectivity index (χ2n) is 5.85. The molecule has 2 fully saturated rings. The van der Waals surface area contributed by atoms with Crippen LogP contribution < -0.4 is 15.5 Å². The molecule has 1 aromatic rings. The van der Waals surface area contributed by atoms with Gasteiger partial charge in [-0.15, -0.1) is 0 Å². The fraction of sp³-hybridized carbons (Fsp3) is 0.533. The van der Waals surface area contributed by atoms with Gasteiger partial charge in [0.15, 0.2) is 0 Å². The zero-order valence-electron chi connectivity index (χ0n) is 11.6. The first-order chi connectivity index (χ1) is 9.81. The molecule has 106 valence electrons. The summed E-state index contributed by atoms with van der Waals surface area (Å²) in [5, 5.41) is 6.42. The molecule has 4 rings (SSSR count). The van der Waals surface area contributed by atoms with E-state index in [9.17, 15) is 4.79 Å². The molecular weight excluding hydrogens is 252 g/mol. The minimum absolute atomic E-state index is 0.0988. The molecule has 5 nitrogen and oxygen atoms in total. The first-order valence-corrected chi connectivity index (χ1v) is 7.47. The average Bonchev–Trinajstić information content (AvgIpc) is 2.88. The number of nitrogens with zero attached hydrogens (tertiary/aromatic N) is 2. The number of piperazine rings is 1. The van der Waals surface area contributed by atoms with Crippen LogP contribution in [0.5, 0.6) is 0 Å². The van der Waals surface area contributed by atoms with E-state index in [1.165, 1.54) is 29.8 Å². The maximum atomic E-state index is 11.6. The summed E-state index contributed by atoms with van der Waals surface area (Å²) in [5.41, 5.74) is 3.99. The van der Waals surface area contributed by atoms with Crippen molar-refractivity contribution in [3.05, 3.63) is 23.8 Å². The molecule has 0 aromatic heterocycles. The Balaban J connectivity index is 1.55. The van der Waals surface area contributed by atoms with Crippen molar-refractivity contribution < 1.29 is 4.79 Å². The second kappa shape index (κ2) is 4.58. The van der Waals surface area contributed by atoms with Gasteiger partial charge in [0.2, 0.25) is 0 Å². The SMILES string of the molecule is O=C1NCC2CN(c3ccc4c(c3)NCCC4)CCN12. The van der Waals surface area contributed by atoms with Crippen molar-refractivity contribution in [1.29, 1.82) is 0 Å². The standard InChI is InChI=1S/C15H20N4O/c20-15-17-9-13-10-18(6-7-19(13)15)12-4-3-11-2-1-5-16-14(11)8-12/h3-4,8,13,16H,1-2,5-7,9-10H2,(H,17,20). The van der Waals surface area contributed by atoms with Crippen LogP contribution in [0.4, 0.5) is 16.2 Å². The van der Waals surface area contributed by atoms with E-state index in [1.54, 1.807) is 0 Å². The molecule has 2 amide bonds. The van der Waals surface area contributed by atoms with Crippen LogP contribution in [0.15, 0.2) is 18.2 Å². The summed E-state index contributed by atoms with van der Waals surface area (Å²) in [5.74, 6) is 0. The first-order valence-electron chi connectivity index (χ1n) is 7.47. The largest absolute Gasteiger partial charge is 0.385 e. The van der Waals surface area contributed by atoms with Crippen LogP contribution in [-0.4, -0.2) is 49.7 Å². The number of fused-ring (bicyclic) bond motifs is 2. The van der Waals surface area contributed by atoms with E-state index in [4.69, 9.17) is 0 Å². The summed E-state index contributed by atoms with van der Waals surface area (Å²) in [6, 6.07) is 7.17. The molecule has 1 atom stereocenters. The predicted molar refractivity (Wildman–Crippen MR) is 79.4 cm³/mol. The highest BCUT2D eigenvalue weighted by Crippen LogP contribution is 2.29. The average molecular weight is 272 g/mol. The lowest BCUT2D eigenvalue weighted by Crippen LogP contribution is -2.52. The number of carbonyl (C=O) groups is 1. The van der Waals surface area contributed by atoms with E-state index in [-0.39, 0.29) is 6.03 Å². The Morgan fingerprint density at radius 1 is 1.20 bits per heavy atom. The van der Waals surface area contributed by atoms with Gasteiger partial charge in [0.05, 0.1) is 6.04 Å². The summed E-state index contributed by atoms with van der Waals surface area (Å²) >= 11 is 0. The Kier molecular flexibility index (Phi) is 2.72. The summed E-state index contributed by atoms with van der Waals surface area (Å²) in [4.78, 5) is 16.0. The summed E-state index contributed by atoms with van der Waals surface area (Å²) < 4.78 is 0. The van der Waals surface area contributed by atoms with E-state index in [0.29, 0.717) is 6.04 Å². The van der Waals surface area contributed by atoms with Crippen LogP contribution >= 0.6 is 0 Å². The van der Waals surface area contributed by atoms with Crippen LogP contribution in [0.2, 0.25) is 0 Å². The number of hydrogen-bond acceptors (Lipinski definition) is 3. The molecule has 1 aromatic carbocycles. The number of nitrogens with one attached hydrogen (secondary N) is 2. The van der Waals surface area contributed by atoms with Crippen molar-refractivity contribution >= 4 is 17.4 Å². The third-order valence-electron chi connectivity index (χ3n) is 4.63. The molecule has 0 bridgehead atoms. The zero-order valence-corrected chi connectivity index (χ0v) is 11.6. The summed E-state index contributed by atoms with van der Waals surface area (Å²) in [7, 11) is 0. The highest BCUT2D eigenvalue weighted by molar-refractivity contribution is 5.77. The van der Waals surface area contributed by atoms with Crippen LogP contribution in [0.1, 0.15) is 12.0 Å². The topological polar surface area (TPSA) is 47.6 Å². The molecule has 3 aliphatic heterocycles. The number of rotatable bonds is 1. The molecule has 0 saturated carbocycles. The smallest absolute Gasteiger partial charge is 0.317 e. The zero-order chi connectivity index (χ0) is 13.5. The fourth-order valence-corrected chi connectivity index (χ4v) is 3.48. The monoisotopic (exact) mass is 272 g/mol. The van der Waals surface area contributed by atoms with Gasteiger partial charge in [0.1, 0.15) is 0 Å². The van der Waals surface area contributed by atoms with E-state index >= 15 is 0 Å². The normalized spacial score (nSPS) is 24.8. The van der Waals surface area contributed by atoms with Crippen molar-refractivity contribution in [2.75, 3.05) is 42.9 Å². The van der Waals surface area contributed by atoms with Crippen molar-refractivity contribution in [3.63, 3.8) is 0 Å². The van der Waals surface area contributed by atoms with Crippen LogP contribution in [0, 0.1) is 0 Å². The molecule has 2 saturated heterocycles. The molecule has 3 aliphatic rings. The van der Waals surface area contributed by atoms with Gasteiger partial charge in [-0.05, 0) is 30.5 Å². The van der Waals surface area contributed by atoms with Crippen LogP contribution in [0.3, 0.4) is 0 Å². The van der Waals surface area contributed by atoms with Gasteiger partial charge in [0, 0.05) is 44.1 Å². The summed E-state index contributed by atoms with van der Waals surface area (Å²) in [6.07, 6.45) is 2.40. The highest BCUT2D eigenvalue weighted by Gasteiger charge is 2.35. The van der Waals surface area contributed by atoms with Gasteiger partial charge in [-0.2, -0.15) is 0 Å². The molecule has 5 heteroatoms. The third-order valence-corrected chi connectivity index (χ3v) is 4.63. The number of benzene rings is 1. The minimum Gasteiger partial charge on any atom is -0.385 e. The fourth-order valence-electron chi connectivity index (χ4n) is 3.48. The Labute approximate surface area is 118 Å². The molecule has 0 spiro atoms. The Morgan fingerprint density at radius 3 is 3.10 bits per heavy atom. The third kappa shape index (κ3) is 1.88.